The molecular formula is C11H17Cl3N2. The summed E-state index contributed by atoms with van der Waals surface area (Å²) in [7, 11) is 0. The third-order valence-electron chi connectivity index (χ3n) is 2.44. The van der Waals surface area contributed by atoms with Crippen LogP contribution in [0.4, 0.5) is 0 Å². The summed E-state index contributed by atoms with van der Waals surface area (Å²) in [6.45, 7) is 5.05. The Bertz CT molecular complexity index is 289. The van der Waals surface area contributed by atoms with E-state index in [1.54, 1.807) is 0 Å². The molecule has 0 saturated heterocycles. The van der Waals surface area contributed by atoms with Gasteiger partial charge in [-0.1, -0.05) is 6.07 Å². The monoisotopic (exact) mass is 282 g/mol. The molecule has 5 heteroatoms. The molecule has 1 aromatic rings. The third kappa shape index (κ3) is 5.35. The fourth-order valence-corrected chi connectivity index (χ4v) is 1.53. The maximum atomic E-state index is 5.74. The summed E-state index contributed by atoms with van der Waals surface area (Å²) >= 11 is 11.5. The second kappa shape index (κ2) is 7.33. The van der Waals surface area contributed by atoms with Crippen molar-refractivity contribution in [1.29, 1.82) is 0 Å². The average Bonchev–Trinajstić information content (AvgIpc) is 2.19. The zero-order valence-electron chi connectivity index (χ0n) is 9.54. The Kier molecular flexibility index (Phi) is 7.32. The summed E-state index contributed by atoms with van der Waals surface area (Å²) in [6.07, 6.45) is 6.14. The molecule has 16 heavy (non-hydrogen) atoms. The van der Waals surface area contributed by atoms with Gasteiger partial charge in [0.2, 0.25) is 0 Å². The molecule has 0 radical (unpaired) electrons. The summed E-state index contributed by atoms with van der Waals surface area (Å²) in [5.74, 6) is 0. The highest BCUT2D eigenvalue weighted by Gasteiger charge is 2.24. The molecule has 0 bridgehead atoms. The van der Waals surface area contributed by atoms with Crippen LogP contribution in [-0.2, 0) is 6.54 Å². The first kappa shape index (κ1) is 16.0. The van der Waals surface area contributed by atoms with Crippen molar-refractivity contribution in [3.8, 4) is 0 Å². The van der Waals surface area contributed by atoms with Crippen LogP contribution in [-0.4, -0.2) is 9.48 Å². The van der Waals surface area contributed by atoms with E-state index in [1.807, 2.05) is 32.0 Å². The Labute approximate surface area is 114 Å². The van der Waals surface area contributed by atoms with E-state index in [4.69, 9.17) is 23.6 Å². The molecule has 0 amide bonds. The highest BCUT2D eigenvalue weighted by Crippen LogP contribution is 2.24. The molecule has 0 N–H and O–H groups in total. The van der Waals surface area contributed by atoms with Gasteiger partial charge in [-0.05, 0) is 43.8 Å². The Morgan fingerprint density at radius 2 is 1.69 bits per heavy atom. The first-order valence-corrected chi connectivity index (χ1v) is 5.76. The van der Waals surface area contributed by atoms with Crippen LogP contribution >= 0.6 is 23.6 Å². The molecule has 0 fully saturated rings. The maximum Gasteiger partial charge on any atom is 0.168 e. The summed E-state index contributed by atoms with van der Waals surface area (Å²) in [4.78, 5) is 0. The van der Waals surface area contributed by atoms with Crippen molar-refractivity contribution in [2.24, 2.45) is 0 Å². The molecule has 0 spiro atoms. The lowest BCUT2D eigenvalue weighted by molar-refractivity contribution is -0.697. The van der Waals surface area contributed by atoms with Gasteiger partial charge in [0.25, 0.3) is 0 Å². The molecule has 0 aliphatic heterocycles. The largest absolute Gasteiger partial charge is 1.00 e. The number of nitrogens with zero attached hydrogens (tertiary/aromatic N) is 2. The Morgan fingerprint density at radius 1 is 1.12 bits per heavy atom. The van der Waals surface area contributed by atoms with Crippen molar-refractivity contribution < 1.29 is 17.0 Å². The lowest BCUT2D eigenvalue weighted by Gasteiger charge is -2.26. The lowest BCUT2D eigenvalue weighted by Crippen LogP contribution is -3.00. The predicted octanol–water partition coefficient (Wildman–Crippen LogP) is 0.147. The minimum absolute atomic E-state index is 0. The maximum absolute atomic E-state index is 5.74. The van der Waals surface area contributed by atoms with Crippen LogP contribution < -0.4 is 17.0 Å². The fourth-order valence-electron chi connectivity index (χ4n) is 1.36. The third-order valence-corrected chi connectivity index (χ3v) is 3.35. The van der Waals surface area contributed by atoms with Crippen LogP contribution in [0.25, 0.3) is 0 Å². The van der Waals surface area contributed by atoms with Gasteiger partial charge in [-0.25, -0.2) is 4.57 Å². The molecule has 0 aliphatic carbocycles. The van der Waals surface area contributed by atoms with E-state index >= 15 is 0 Å². The van der Waals surface area contributed by atoms with Crippen LogP contribution in [0.1, 0.15) is 26.7 Å². The van der Waals surface area contributed by atoms with Crippen molar-refractivity contribution in [2.45, 2.75) is 38.8 Å². The van der Waals surface area contributed by atoms with Gasteiger partial charge in [0.15, 0.2) is 12.4 Å². The second-order valence-corrected chi connectivity index (χ2v) is 5.11. The van der Waals surface area contributed by atoms with E-state index in [1.165, 1.54) is 3.94 Å². The summed E-state index contributed by atoms with van der Waals surface area (Å²) in [5, 5.41) is 0. The van der Waals surface area contributed by atoms with Crippen LogP contribution in [0.15, 0.2) is 30.6 Å². The molecular weight excluding hydrogens is 266 g/mol. The Morgan fingerprint density at radius 3 is 2.19 bits per heavy atom. The topological polar surface area (TPSA) is 7.12 Å². The second-order valence-electron chi connectivity index (χ2n) is 4.26. The van der Waals surface area contributed by atoms with E-state index in [0.717, 1.165) is 19.4 Å². The predicted molar refractivity (Wildman–Crippen MR) is 63.5 cm³/mol. The van der Waals surface area contributed by atoms with Crippen LogP contribution in [0.2, 0.25) is 0 Å². The number of aromatic nitrogens is 1. The van der Waals surface area contributed by atoms with Crippen LogP contribution in [0.3, 0.4) is 0 Å². The number of hydrogen-bond donors (Lipinski definition) is 0. The first-order valence-electron chi connectivity index (χ1n) is 5.08. The summed E-state index contributed by atoms with van der Waals surface area (Å²) < 4.78 is 3.39. The van der Waals surface area contributed by atoms with E-state index in [2.05, 4.69) is 17.0 Å². The highest BCUT2D eigenvalue weighted by molar-refractivity contribution is 6.34. The van der Waals surface area contributed by atoms with Crippen LogP contribution in [0.5, 0.6) is 0 Å². The van der Waals surface area contributed by atoms with Crippen molar-refractivity contribution in [3.05, 3.63) is 30.6 Å². The summed E-state index contributed by atoms with van der Waals surface area (Å²) in [5.41, 5.74) is -0.168. The number of pyridine rings is 1. The van der Waals surface area contributed by atoms with E-state index < -0.39 is 0 Å². The average molecular weight is 284 g/mol. The van der Waals surface area contributed by atoms with E-state index in [9.17, 15) is 0 Å². The number of aryl methyl sites for hydroxylation is 1. The zero-order chi connectivity index (χ0) is 11.3. The molecule has 0 aromatic carbocycles. The molecule has 0 unspecified atom stereocenters. The van der Waals surface area contributed by atoms with Crippen LogP contribution in [0, 0.1) is 0 Å². The molecule has 1 aromatic heterocycles. The first-order chi connectivity index (χ1) is 7.02. The van der Waals surface area contributed by atoms with Gasteiger partial charge in [0.1, 0.15) is 6.54 Å². The minimum Gasteiger partial charge on any atom is -1.00 e. The lowest BCUT2D eigenvalue weighted by atomic mass is 10.00. The molecule has 2 nitrogen and oxygen atoms in total. The quantitative estimate of drug-likeness (QED) is 0.551. The van der Waals surface area contributed by atoms with E-state index in [0.29, 0.717) is 0 Å². The zero-order valence-corrected chi connectivity index (χ0v) is 11.8. The van der Waals surface area contributed by atoms with Crippen molar-refractivity contribution in [2.75, 3.05) is 0 Å². The number of rotatable bonds is 5. The Hall–Kier alpha value is -0.0200. The Balaban J connectivity index is 0.00000225. The van der Waals surface area contributed by atoms with Crippen molar-refractivity contribution >= 4 is 23.6 Å². The minimum atomic E-state index is -0.168. The standard InChI is InChI=1S/C11H17Cl2N2.ClH/c1-11(2,15(12)13)7-6-10-14-8-4-3-5-9-14;/h3-5,8-9H,6-7,10H2,1-2H3;1H/q+1;/p-1. The number of hydrogen-bond acceptors (Lipinski definition) is 1. The molecule has 0 atom stereocenters. The molecule has 92 valence electrons. The van der Waals surface area contributed by atoms with Crippen molar-refractivity contribution in [1.82, 2.24) is 3.94 Å². The van der Waals surface area contributed by atoms with Gasteiger partial charge in [-0.3, -0.25) is 0 Å². The van der Waals surface area contributed by atoms with Gasteiger partial charge in [-0.2, -0.15) is 0 Å². The SMILES string of the molecule is CC(C)(CCC[n+]1ccccc1)N(Cl)Cl.[Cl-]. The van der Waals surface area contributed by atoms with E-state index in [-0.39, 0.29) is 17.9 Å². The number of halogens is 3. The van der Waals surface area contributed by atoms with Gasteiger partial charge in [0, 0.05) is 24.1 Å². The van der Waals surface area contributed by atoms with Gasteiger partial charge in [-0.15, -0.1) is 3.94 Å². The highest BCUT2D eigenvalue weighted by atomic mass is 35.5. The van der Waals surface area contributed by atoms with Gasteiger partial charge in [0.05, 0.1) is 0 Å². The molecule has 1 heterocycles. The van der Waals surface area contributed by atoms with Gasteiger partial charge < -0.3 is 12.4 Å². The normalized spacial score (nSPS) is 11.3. The van der Waals surface area contributed by atoms with Crippen molar-refractivity contribution in [3.63, 3.8) is 0 Å². The smallest absolute Gasteiger partial charge is 0.168 e. The molecule has 0 saturated carbocycles. The molecule has 0 aliphatic rings. The molecule has 1 rings (SSSR count). The fraction of sp³-hybridized carbons (Fsp3) is 0.545. The summed E-state index contributed by atoms with van der Waals surface area (Å²) in [6, 6.07) is 6.07. The van der Waals surface area contributed by atoms with Gasteiger partial charge >= 0.3 is 0 Å².